The van der Waals surface area contributed by atoms with Crippen molar-refractivity contribution in [2.75, 3.05) is 18.0 Å². The molecule has 0 bridgehead atoms. The summed E-state index contributed by atoms with van der Waals surface area (Å²) in [5, 5.41) is 0. The van der Waals surface area contributed by atoms with Crippen LogP contribution < -0.4 is 10.6 Å². The summed E-state index contributed by atoms with van der Waals surface area (Å²) in [7, 11) is 0. The maximum atomic E-state index is 5.68. The van der Waals surface area contributed by atoms with Gasteiger partial charge in [-0.2, -0.15) is 0 Å². The van der Waals surface area contributed by atoms with Crippen LogP contribution in [-0.2, 0) is 6.54 Å². The summed E-state index contributed by atoms with van der Waals surface area (Å²) in [5.41, 5.74) is 8.16. The molecule has 1 aromatic rings. The van der Waals surface area contributed by atoms with E-state index in [0.29, 0.717) is 6.54 Å². The van der Waals surface area contributed by atoms with E-state index in [2.05, 4.69) is 52.9 Å². The zero-order valence-electron chi connectivity index (χ0n) is 10.6. The maximum Gasteiger partial charge on any atom is 0.0377 e. The van der Waals surface area contributed by atoms with Crippen molar-refractivity contribution in [3.8, 4) is 0 Å². The standard InChI is InChI=1S/C14H21BrN2/c1-10-5-6-17(9-11(10)2)13-4-3-12(8-16)14(15)7-13/h3-4,7,10-11H,5-6,8-9,16H2,1-2H3. The predicted molar refractivity (Wildman–Crippen MR) is 77.2 cm³/mol. The van der Waals surface area contributed by atoms with Gasteiger partial charge in [-0.15, -0.1) is 0 Å². The molecule has 1 aliphatic rings. The summed E-state index contributed by atoms with van der Waals surface area (Å²) in [6.07, 6.45) is 1.29. The lowest BCUT2D eigenvalue weighted by Crippen LogP contribution is -2.38. The molecule has 0 saturated carbocycles. The van der Waals surface area contributed by atoms with Crippen LogP contribution >= 0.6 is 15.9 Å². The van der Waals surface area contributed by atoms with Gasteiger partial charge in [0.25, 0.3) is 0 Å². The number of halogens is 1. The van der Waals surface area contributed by atoms with Crippen LogP contribution in [0.2, 0.25) is 0 Å². The number of anilines is 1. The van der Waals surface area contributed by atoms with Crippen LogP contribution in [0.25, 0.3) is 0 Å². The molecule has 2 unspecified atom stereocenters. The molecular formula is C14H21BrN2. The molecule has 0 radical (unpaired) electrons. The Morgan fingerprint density at radius 3 is 2.71 bits per heavy atom. The van der Waals surface area contributed by atoms with Gasteiger partial charge in [0.05, 0.1) is 0 Å². The Labute approximate surface area is 112 Å². The Bertz CT molecular complexity index is 392. The smallest absolute Gasteiger partial charge is 0.0377 e. The molecule has 1 fully saturated rings. The Balaban J connectivity index is 2.15. The van der Waals surface area contributed by atoms with Crippen LogP contribution in [0.4, 0.5) is 5.69 Å². The Morgan fingerprint density at radius 1 is 1.35 bits per heavy atom. The van der Waals surface area contributed by atoms with Crippen LogP contribution in [0.1, 0.15) is 25.8 Å². The first-order valence-corrected chi connectivity index (χ1v) is 7.14. The molecule has 17 heavy (non-hydrogen) atoms. The minimum Gasteiger partial charge on any atom is -0.371 e. The van der Waals surface area contributed by atoms with Crippen molar-refractivity contribution in [2.24, 2.45) is 17.6 Å². The van der Waals surface area contributed by atoms with E-state index in [-0.39, 0.29) is 0 Å². The lowest BCUT2D eigenvalue weighted by molar-refractivity contribution is 0.324. The number of nitrogens with two attached hydrogens (primary N) is 1. The van der Waals surface area contributed by atoms with E-state index in [1.54, 1.807) is 0 Å². The predicted octanol–water partition coefficient (Wildman–Crippen LogP) is 3.39. The van der Waals surface area contributed by atoms with E-state index >= 15 is 0 Å². The molecule has 1 aromatic carbocycles. The van der Waals surface area contributed by atoms with Gasteiger partial charge in [0, 0.05) is 29.8 Å². The average molecular weight is 297 g/mol. The molecule has 3 heteroatoms. The minimum absolute atomic E-state index is 0.592. The lowest BCUT2D eigenvalue weighted by Gasteiger charge is -2.37. The molecule has 0 spiro atoms. The third kappa shape index (κ3) is 2.83. The highest BCUT2D eigenvalue weighted by molar-refractivity contribution is 9.10. The molecule has 2 atom stereocenters. The summed E-state index contributed by atoms with van der Waals surface area (Å²) in [5.74, 6) is 1.62. The number of benzene rings is 1. The molecule has 2 rings (SSSR count). The molecule has 2 N–H and O–H groups in total. The van der Waals surface area contributed by atoms with Crippen LogP contribution in [0, 0.1) is 11.8 Å². The number of nitrogens with zero attached hydrogens (tertiary/aromatic N) is 1. The molecule has 0 aliphatic carbocycles. The van der Waals surface area contributed by atoms with E-state index in [9.17, 15) is 0 Å². The topological polar surface area (TPSA) is 29.3 Å². The van der Waals surface area contributed by atoms with Gasteiger partial charge < -0.3 is 10.6 Å². The van der Waals surface area contributed by atoms with Gasteiger partial charge in [0.2, 0.25) is 0 Å². The van der Waals surface area contributed by atoms with E-state index in [1.807, 2.05) is 0 Å². The zero-order valence-corrected chi connectivity index (χ0v) is 12.2. The third-order valence-electron chi connectivity index (χ3n) is 3.96. The summed E-state index contributed by atoms with van der Waals surface area (Å²) in [6, 6.07) is 6.52. The monoisotopic (exact) mass is 296 g/mol. The van der Waals surface area contributed by atoms with Gasteiger partial charge in [0.15, 0.2) is 0 Å². The lowest BCUT2D eigenvalue weighted by atomic mass is 9.88. The van der Waals surface area contributed by atoms with Crippen molar-refractivity contribution in [2.45, 2.75) is 26.8 Å². The Kier molecular flexibility index (Phi) is 4.10. The van der Waals surface area contributed by atoms with Crippen molar-refractivity contribution in [1.82, 2.24) is 0 Å². The van der Waals surface area contributed by atoms with Gasteiger partial charge in [-0.1, -0.05) is 35.8 Å². The molecular weight excluding hydrogens is 276 g/mol. The minimum atomic E-state index is 0.592. The van der Waals surface area contributed by atoms with Crippen LogP contribution in [0.3, 0.4) is 0 Å². The molecule has 2 nitrogen and oxygen atoms in total. The van der Waals surface area contributed by atoms with Gasteiger partial charge >= 0.3 is 0 Å². The second-order valence-corrected chi connectivity index (χ2v) is 6.02. The SMILES string of the molecule is CC1CCN(c2ccc(CN)c(Br)c2)CC1C. The quantitative estimate of drug-likeness (QED) is 0.906. The first-order chi connectivity index (χ1) is 8.11. The van der Waals surface area contributed by atoms with Gasteiger partial charge in [-0.05, 0) is 36.0 Å². The summed E-state index contributed by atoms with van der Waals surface area (Å²) in [4.78, 5) is 2.48. The van der Waals surface area contributed by atoms with Crippen molar-refractivity contribution >= 4 is 21.6 Å². The Hall–Kier alpha value is -0.540. The van der Waals surface area contributed by atoms with Gasteiger partial charge in [-0.25, -0.2) is 0 Å². The number of rotatable bonds is 2. The summed E-state index contributed by atoms with van der Waals surface area (Å²) < 4.78 is 1.13. The first kappa shape index (κ1) is 12.9. The molecule has 0 amide bonds. The molecule has 1 heterocycles. The zero-order chi connectivity index (χ0) is 12.4. The summed E-state index contributed by atoms with van der Waals surface area (Å²) in [6.45, 7) is 7.62. The van der Waals surface area contributed by atoms with Crippen molar-refractivity contribution in [1.29, 1.82) is 0 Å². The van der Waals surface area contributed by atoms with Crippen LogP contribution in [-0.4, -0.2) is 13.1 Å². The second kappa shape index (κ2) is 5.40. The highest BCUT2D eigenvalue weighted by atomic mass is 79.9. The van der Waals surface area contributed by atoms with E-state index < -0.39 is 0 Å². The number of piperidine rings is 1. The second-order valence-electron chi connectivity index (χ2n) is 5.17. The van der Waals surface area contributed by atoms with Crippen LogP contribution in [0.15, 0.2) is 22.7 Å². The fourth-order valence-corrected chi connectivity index (χ4v) is 2.92. The van der Waals surface area contributed by atoms with Crippen molar-refractivity contribution in [3.05, 3.63) is 28.2 Å². The highest BCUT2D eigenvalue weighted by Gasteiger charge is 2.22. The normalized spacial score (nSPS) is 25.1. The fraction of sp³-hybridized carbons (Fsp3) is 0.571. The van der Waals surface area contributed by atoms with E-state index in [1.165, 1.54) is 24.2 Å². The average Bonchev–Trinajstić information content (AvgIpc) is 2.32. The molecule has 94 valence electrons. The van der Waals surface area contributed by atoms with Crippen molar-refractivity contribution in [3.63, 3.8) is 0 Å². The van der Waals surface area contributed by atoms with Crippen molar-refractivity contribution < 1.29 is 0 Å². The van der Waals surface area contributed by atoms with Gasteiger partial charge in [0.1, 0.15) is 0 Å². The molecule has 0 aromatic heterocycles. The van der Waals surface area contributed by atoms with Crippen LogP contribution in [0.5, 0.6) is 0 Å². The Morgan fingerprint density at radius 2 is 2.12 bits per heavy atom. The molecule has 1 saturated heterocycles. The van der Waals surface area contributed by atoms with E-state index in [0.717, 1.165) is 22.9 Å². The van der Waals surface area contributed by atoms with Gasteiger partial charge in [-0.3, -0.25) is 0 Å². The summed E-state index contributed by atoms with van der Waals surface area (Å²) >= 11 is 3.59. The largest absolute Gasteiger partial charge is 0.371 e. The maximum absolute atomic E-state index is 5.68. The number of hydrogen-bond donors (Lipinski definition) is 1. The fourth-order valence-electron chi connectivity index (χ4n) is 2.40. The highest BCUT2D eigenvalue weighted by Crippen LogP contribution is 2.29. The number of hydrogen-bond acceptors (Lipinski definition) is 2. The van der Waals surface area contributed by atoms with E-state index in [4.69, 9.17) is 5.73 Å². The first-order valence-electron chi connectivity index (χ1n) is 6.35. The molecule has 1 aliphatic heterocycles. The third-order valence-corrected chi connectivity index (χ3v) is 4.69.